The van der Waals surface area contributed by atoms with E-state index in [1.165, 1.54) is 16.7 Å². The molecule has 0 fully saturated rings. The zero-order chi connectivity index (χ0) is 13.9. The molecule has 0 bridgehead atoms. The van der Waals surface area contributed by atoms with Gasteiger partial charge in [-0.3, -0.25) is 4.79 Å². The van der Waals surface area contributed by atoms with Gasteiger partial charge in [-0.2, -0.15) is 11.3 Å². The first-order valence-electron chi connectivity index (χ1n) is 6.80. The third-order valence-corrected chi connectivity index (χ3v) is 4.49. The van der Waals surface area contributed by atoms with Crippen molar-refractivity contribution in [3.8, 4) is 0 Å². The van der Waals surface area contributed by atoms with Gasteiger partial charge in [-0.25, -0.2) is 0 Å². The predicted octanol–water partition coefficient (Wildman–Crippen LogP) is 2.42. The van der Waals surface area contributed by atoms with Crippen molar-refractivity contribution >= 4 is 17.2 Å². The summed E-state index contributed by atoms with van der Waals surface area (Å²) in [4.78, 5) is 14.3. The number of fused-ring (bicyclic) bond motifs is 1. The van der Waals surface area contributed by atoms with Gasteiger partial charge in [-0.15, -0.1) is 0 Å². The first-order chi connectivity index (χ1) is 9.74. The Morgan fingerprint density at radius 3 is 2.90 bits per heavy atom. The third-order valence-electron chi connectivity index (χ3n) is 3.76. The van der Waals surface area contributed by atoms with Crippen molar-refractivity contribution < 1.29 is 4.79 Å². The van der Waals surface area contributed by atoms with E-state index in [1.807, 2.05) is 29.5 Å². The van der Waals surface area contributed by atoms with Gasteiger partial charge in [0.1, 0.15) is 0 Å². The van der Waals surface area contributed by atoms with Crippen molar-refractivity contribution in [2.45, 2.75) is 25.6 Å². The average Bonchev–Trinajstić information content (AvgIpc) is 2.99. The van der Waals surface area contributed by atoms with Crippen LogP contribution in [-0.4, -0.2) is 23.9 Å². The van der Waals surface area contributed by atoms with Crippen LogP contribution in [0.2, 0.25) is 0 Å². The first-order valence-corrected chi connectivity index (χ1v) is 7.74. The third kappa shape index (κ3) is 2.76. The van der Waals surface area contributed by atoms with Crippen molar-refractivity contribution in [3.63, 3.8) is 0 Å². The second-order valence-corrected chi connectivity index (χ2v) is 6.01. The van der Waals surface area contributed by atoms with Crippen LogP contribution >= 0.6 is 11.3 Å². The highest BCUT2D eigenvalue weighted by atomic mass is 32.1. The minimum absolute atomic E-state index is 0.103. The highest BCUT2D eigenvalue weighted by Gasteiger charge is 2.26. The Morgan fingerprint density at radius 2 is 2.15 bits per heavy atom. The van der Waals surface area contributed by atoms with Crippen molar-refractivity contribution in [2.75, 3.05) is 7.05 Å². The lowest BCUT2D eigenvalue weighted by Gasteiger charge is -2.29. The first kappa shape index (κ1) is 13.3. The molecule has 0 radical (unpaired) electrons. The second kappa shape index (κ2) is 5.77. The van der Waals surface area contributed by atoms with E-state index < -0.39 is 0 Å². The van der Waals surface area contributed by atoms with Gasteiger partial charge in [-0.1, -0.05) is 24.3 Å². The molecular weight excluding hydrogens is 268 g/mol. The maximum Gasteiger partial charge on any atom is 0.240 e. The van der Waals surface area contributed by atoms with Crippen molar-refractivity contribution in [1.82, 2.24) is 10.2 Å². The number of carbonyl (C=O) groups is 1. The fraction of sp³-hybridized carbons (Fsp3) is 0.312. The summed E-state index contributed by atoms with van der Waals surface area (Å²) in [6, 6.07) is 10.3. The lowest BCUT2D eigenvalue weighted by Crippen LogP contribution is -2.47. The molecule has 1 aliphatic heterocycles. The largest absolute Gasteiger partial charge is 0.340 e. The van der Waals surface area contributed by atoms with Gasteiger partial charge in [0.15, 0.2) is 0 Å². The second-order valence-electron chi connectivity index (χ2n) is 5.23. The number of likely N-dealkylation sites (N-methyl/N-ethyl adjacent to an activating group) is 1. The van der Waals surface area contributed by atoms with Crippen molar-refractivity contribution in [2.24, 2.45) is 0 Å². The van der Waals surface area contributed by atoms with E-state index in [0.717, 1.165) is 13.0 Å². The summed E-state index contributed by atoms with van der Waals surface area (Å²) in [5.74, 6) is 0.172. The molecule has 20 heavy (non-hydrogen) atoms. The number of hydrogen-bond donors (Lipinski definition) is 1. The molecule has 0 saturated carbocycles. The average molecular weight is 286 g/mol. The van der Waals surface area contributed by atoms with E-state index >= 15 is 0 Å². The van der Waals surface area contributed by atoms with E-state index in [1.54, 1.807) is 11.3 Å². The molecule has 1 atom stereocenters. The number of carbonyl (C=O) groups excluding carboxylic acids is 1. The zero-order valence-electron chi connectivity index (χ0n) is 11.5. The van der Waals surface area contributed by atoms with Gasteiger partial charge in [0.05, 0.1) is 6.04 Å². The maximum absolute atomic E-state index is 12.5. The molecule has 1 aromatic heterocycles. The minimum Gasteiger partial charge on any atom is -0.340 e. The van der Waals surface area contributed by atoms with Gasteiger partial charge in [-0.05, 0) is 39.9 Å². The standard InChI is InChI=1S/C16H18N2OS/c1-18(10-12-6-7-20-11-12)16(19)15-8-13-4-2-3-5-14(13)9-17-15/h2-7,11,15,17H,8-10H2,1H3/t15-/m1/s1. The van der Waals surface area contributed by atoms with Gasteiger partial charge in [0.25, 0.3) is 0 Å². The van der Waals surface area contributed by atoms with Gasteiger partial charge in [0.2, 0.25) is 5.91 Å². The van der Waals surface area contributed by atoms with Crippen LogP contribution < -0.4 is 5.32 Å². The molecule has 3 rings (SSSR count). The Labute approximate surface area is 123 Å². The number of nitrogens with one attached hydrogen (secondary N) is 1. The predicted molar refractivity (Wildman–Crippen MR) is 81.6 cm³/mol. The molecule has 3 nitrogen and oxygen atoms in total. The Morgan fingerprint density at radius 1 is 1.35 bits per heavy atom. The Balaban J connectivity index is 1.66. The number of thiophene rings is 1. The fourth-order valence-corrected chi connectivity index (χ4v) is 3.29. The normalized spacial score (nSPS) is 17.6. The van der Waals surface area contributed by atoms with Crippen LogP contribution in [0, 0.1) is 0 Å². The van der Waals surface area contributed by atoms with E-state index in [0.29, 0.717) is 6.54 Å². The van der Waals surface area contributed by atoms with Gasteiger partial charge < -0.3 is 10.2 Å². The molecule has 0 saturated heterocycles. The molecule has 0 unspecified atom stereocenters. The monoisotopic (exact) mass is 286 g/mol. The number of nitrogens with zero attached hydrogens (tertiary/aromatic N) is 1. The van der Waals surface area contributed by atoms with Crippen LogP contribution in [0.4, 0.5) is 0 Å². The van der Waals surface area contributed by atoms with E-state index in [4.69, 9.17) is 0 Å². The topological polar surface area (TPSA) is 32.3 Å². The summed E-state index contributed by atoms with van der Waals surface area (Å²) in [6.45, 7) is 1.46. The summed E-state index contributed by atoms with van der Waals surface area (Å²) in [7, 11) is 1.88. The molecule has 1 amide bonds. The number of hydrogen-bond acceptors (Lipinski definition) is 3. The quantitative estimate of drug-likeness (QED) is 0.940. The SMILES string of the molecule is CN(Cc1ccsc1)C(=O)[C@H]1Cc2ccccc2CN1. The summed E-state index contributed by atoms with van der Waals surface area (Å²) >= 11 is 1.67. The van der Waals surface area contributed by atoms with Crippen molar-refractivity contribution in [3.05, 3.63) is 57.8 Å². The molecule has 1 aromatic carbocycles. The van der Waals surface area contributed by atoms with E-state index in [-0.39, 0.29) is 11.9 Å². The Hall–Kier alpha value is -1.65. The number of amides is 1. The van der Waals surface area contributed by atoms with Gasteiger partial charge >= 0.3 is 0 Å². The zero-order valence-corrected chi connectivity index (χ0v) is 12.3. The Bertz CT molecular complexity index is 594. The molecule has 1 aliphatic rings. The van der Waals surface area contributed by atoms with Crippen LogP contribution in [0.25, 0.3) is 0 Å². The molecule has 104 valence electrons. The van der Waals surface area contributed by atoms with Crippen LogP contribution in [-0.2, 0) is 24.3 Å². The van der Waals surface area contributed by atoms with E-state index in [2.05, 4.69) is 28.9 Å². The van der Waals surface area contributed by atoms with E-state index in [9.17, 15) is 4.79 Å². The minimum atomic E-state index is -0.103. The molecule has 2 heterocycles. The summed E-state index contributed by atoms with van der Waals surface area (Å²) in [6.07, 6.45) is 0.781. The van der Waals surface area contributed by atoms with Crippen LogP contribution in [0.1, 0.15) is 16.7 Å². The maximum atomic E-state index is 12.5. The number of benzene rings is 1. The summed E-state index contributed by atoms with van der Waals surface area (Å²) in [5.41, 5.74) is 3.78. The van der Waals surface area contributed by atoms with Crippen LogP contribution in [0.3, 0.4) is 0 Å². The highest BCUT2D eigenvalue weighted by Crippen LogP contribution is 2.18. The lowest BCUT2D eigenvalue weighted by atomic mass is 9.95. The van der Waals surface area contributed by atoms with Crippen molar-refractivity contribution in [1.29, 1.82) is 0 Å². The smallest absolute Gasteiger partial charge is 0.240 e. The fourth-order valence-electron chi connectivity index (χ4n) is 2.63. The molecular formula is C16H18N2OS. The number of rotatable bonds is 3. The summed E-state index contributed by atoms with van der Waals surface area (Å²) < 4.78 is 0. The summed E-state index contributed by atoms with van der Waals surface area (Å²) in [5, 5.41) is 7.48. The highest BCUT2D eigenvalue weighted by molar-refractivity contribution is 7.07. The molecule has 0 aliphatic carbocycles. The van der Waals surface area contributed by atoms with Gasteiger partial charge in [0, 0.05) is 20.1 Å². The molecule has 2 aromatic rings. The molecule has 0 spiro atoms. The lowest BCUT2D eigenvalue weighted by molar-refractivity contribution is -0.132. The van der Waals surface area contributed by atoms with Crippen LogP contribution in [0.5, 0.6) is 0 Å². The molecule has 4 heteroatoms. The Kier molecular flexibility index (Phi) is 3.85. The van der Waals surface area contributed by atoms with Crippen LogP contribution in [0.15, 0.2) is 41.1 Å². The molecule has 1 N–H and O–H groups in total.